The number of pyridine rings is 1. The summed E-state index contributed by atoms with van der Waals surface area (Å²) >= 11 is 0. The van der Waals surface area contributed by atoms with Gasteiger partial charge in [-0.1, -0.05) is 5.16 Å². The van der Waals surface area contributed by atoms with Crippen molar-refractivity contribution < 1.29 is 9.32 Å². The van der Waals surface area contributed by atoms with Crippen molar-refractivity contribution in [2.24, 2.45) is 5.84 Å². The van der Waals surface area contributed by atoms with E-state index in [1.165, 1.54) is 12.5 Å². The molecule has 2 heterocycles. The van der Waals surface area contributed by atoms with Crippen LogP contribution in [0.5, 0.6) is 0 Å². The van der Waals surface area contributed by atoms with Crippen LogP contribution in [-0.2, 0) is 6.42 Å². The van der Waals surface area contributed by atoms with E-state index >= 15 is 0 Å². The lowest BCUT2D eigenvalue weighted by atomic mass is 10.2. The van der Waals surface area contributed by atoms with Crippen LogP contribution in [0.25, 0.3) is 0 Å². The number of nitrogens with one attached hydrogen (secondary N) is 2. The highest BCUT2D eigenvalue weighted by molar-refractivity contribution is 5.99. The standard InChI is InChI=1S/C11H14N6O2/c1-7-4-9(17-12)8(5-14-7)11(18)13-3-2-10-15-6-16-19-10/h4-6H,2-3,12H2,1H3,(H,13,18)(H,14,17). The lowest BCUT2D eigenvalue weighted by molar-refractivity contribution is 0.0954. The zero-order valence-electron chi connectivity index (χ0n) is 10.4. The smallest absolute Gasteiger partial charge is 0.255 e. The van der Waals surface area contributed by atoms with Crippen LogP contribution in [0, 0.1) is 6.92 Å². The van der Waals surface area contributed by atoms with Gasteiger partial charge >= 0.3 is 0 Å². The highest BCUT2D eigenvalue weighted by Gasteiger charge is 2.11. The summed E-state index contributed by atoms with van der Waals surface area (Å²) in [5.74, 6) is 5.58. The van der Waals surface area contributed by atoms with Gasteiger partial charge in [0, 0.05) is 24.9 Å². The fourth-order valence-electron chi connectivity index (χ4n) is 1.54. The Morgan fingerprint density at radius 3 is 3.00 bits per heavy atom. The highest BCUT2D eigenvalue weighted by Crippen LogP contribution is 2.13. The first kappa shape index (κ1) is 13.0. The zero-order valence-corrected chi connectivity index (χ0v) is 10.4. The van der Waals surface area contributed by atoms with E-state index in [0.717, 1.165) is 5.69 Å². The number of rotatable bonds is 5. The summed E-state index contributed by atoms with van der Waals surface area (Å²) < 4.78 is 4.82. The van der Waals surface area contributed by atoms with Gasteiger partial charge < -0.3 is 15.3 Å². The molecule has 0 aliphatic rings. The van der Waals surface area contributed by atoms with Gasteiger partial charge in [0.2, 0.25) is 5.89 Å². The number of amides is 1. The Kier molecular flexibility index (Phi) is 4.04. The summed E-state index contributed by atoms with van der Waals surface area (Å²) in [4.78, 5) is 19.9. The average Bonchev–Trinajstić information content (AvgIpc) is 2.91. The predicted octanol–water partition coefficient (Wildman–Crippen LogP) is 0.0311. The number of nitrogens with two attached hydrogens (primary N) is 1. The van der Waals surface area contributed by atoms with Crippen molar-refractivity contribution in [2.75, 3.05) is 12.0 Å². The average molecular weight is 262 g/mol. The fraction of sp³-hybridized carbons (Fsp3) is 0.273. The molecule has 0 atom stereocenters. The van der Waals surface area contributed by atoms with E-state index in [0.29, 0.717) is 30.1 Å². The summed E-state index contributed by atoms with van der Waals surface area (Å²) in [6.07, 6.45) is 3.26. The first-order valence-corrected chi connectivity index (χ1v) is 5.67. The zero-order chi connectivity index (χ0) is 13.7. The number of aryl methyl sites for hydroxylation is 1. The van der Waals surface area contributed by atoms with Crippen LogP contribution in [0.1, 0.15) is 21.9 Å². The van der Waals surface area contributed by atoms with Crippen molar-refractivity contribution in [1.29, 1.82) is 0 Å². The lowest BCUT2D eigenvalue weighted by Crippen LogP contribution is -2.27. The van der Waals surface area contributed by atoms with Gasteiger partial charge in [0.1, 0.15) is 0 Å². The number of carbonyl (C=O) groups is 1. The number of nitrogens with zero attached hydrogens (tertiary/aromatic N) is 3. The van der Waals surface area contributed by atoms with Gasteiger partial charge in [-0.25, -0.2) is 0 Å². The van der Waals surface area contributed by atoms with Crippen LogP contribution < -0.4 is 16.6 Å². The molecule has 0 bridgehead atoms. The molecule has 19 heavy (non-hydrogen) atoms. The molecule has 2 aromatic heterocycles. The second-order valence-electron chi connectivity index (χ2n) is 3.86. The van der Waals surface area contributed by atoms with E-state index in [2.05, 4.69) is 25.9 Å². The van der Waals surface area contributed by atoms with Gasteiger partial charge in [-0.3, -0.25) is 15.6 Å². The van der Waals surface area contributed by atoms with E-state index in [-0.39, 0.29) is 5.91 Å². The minimum atomic E-state index is -0.264. The van der Waals surface area contributed by atoms with Gasteiger partial charge in [0.05, 0.1) is 11.3 Å². The third-order valence-electron chi connectivity index (χ3n) is 2.47. The molecule has 0 aromatic carbocycles. The Morgan fingerprint density at radius 1 is 1.47 bits per heavy atom. The van der Waals surface area contributed by atoms with Crippen LogP contribution in [0.3, 0.4) is 0 Å². The molecular formula is C11H14N6O2. The van der Waals surface area contributed by atoms with E-state index in [4.69, 9.17) is 10.4 Å². The summed E-state index contributed by atoms with van der Waals surface area (Å²) in [7, 11) is 0. The maximum Gasteiger partial charge on any atom is 0.255 e. The molecule has 2 aromatic rings. The second-order valence-corrected chi connectivity index (χ2v) is 3.86. The van der Waals surface area contributed by atoms with Crippen LogP contribution in [0.4, 0.5) is 5.69 Å². The summed E-state index contributed by atoms with van der Waals surface area (Å²) in [6, 6.07) is 1.70. The normalized spacial score (nSPS) is 10.2. The number of carbonyl (C=O) groups excluding carboxylic acids is 1. The summed E-state index contributed by atoms with van der Waals surface area (Å²) in [5.41, 5.74) is 4.17. The van der Waals surface area contributed by atoms with E-state index < -0.39 is 0 Å². The Morgan fingerprint density at radius 2 is 2.32 bits per heavy atom. The van der Waals surface area contributed by atoms with Crippen LogP contribution >= 0.6 is 0 Å². The maximum atomic E-state index is 12.0. The molecule has 0 aliphatic heterocycles. The second kappa shape index (κ2) is 5.91. The molecule has 8 heteroatoms. The first-order valence-electron chi connectivity index (χ1n) is 5.67. The van der Waals surface area contributed by atoms with E-state index in [9.17, 15) is 4.79 Å². The van der Waals surface area contributed by atoms with Gasteiger partial charge in [0.25, 0.3) is 5.91 Å². The molecular weight excluding hydrogens is 248 g/mol. The van der Waals surface area contributed by atoms with Gasteiger partial charge in [-0.05, 0) is 13.0 Å². The molecule has 0 radical (unpaired) electrons. The SMILES string of the molecule is Cc1cc(NN)c(C(=O)NCCc2ncno2)cn1. The van der Waals surface area contributed by atoms with E-state index in [1.807, 2.05) is 6.92 Å². The van der Waals surface area contributed by atoms with Crippen molar-refractivity contribution in [1.82, 2.24) is 20.4 Å². The van der Waals surface area contributed by atoms with Gasteiger partial charge in [-0.15, -0.1) is 0 Å². The Bertz CT molecular complexity index is 554. The predicted molar refractivity (Wildman–Crippen MR) is 67.1 cm³/mol. The quantitative estimate of drug-likeness (QED) is 0.513. The monoisotopic (exact) mass is 262 g/mol. The molecule has 0 saturated heterocycles. The van der Waals surface area contributed by atoms with Crippen LogP contribution in [0.2, 0.25) is 0 Å². The van der Waals surface area contributed by atoms with Crippen molar-refractivity contribution in [3.63, 3.8) is 0 Å². The number of aromatic nitrogens is 3. The molecule has 0 spiro atoms. The van der Waals surface area contributed by atoms with Crippen molar-refractivity contribution in [3.05, 3.63) is 35.7 Å². The fourth-order valence-corrected chi connectivity index (χ4v) is 1.54. The Hall–Kier alpha value is -2.48. The summed E-state index contributed by atoms with van der Waals surface area (Å²) in [5, 5.41) is 6.21. The lowest BCUT2D eigenvalue weighted by Gasteiger charge is -2.09. The molecule has 0 unspecified atom stereocenters. The number of hydrogen-bond donors (Lipinski definition) is 3. The maximum absolute atomic E-state index is 12.0. The molecule has 0 saturated carbocycles. The molecule has 0 fully saturated rings. The molecule has 1 amide bonds. The van der Waals surface area contributed by atoms with Crippen molar-refractivity contribution in [3.8, 4) is 0 Å². The van der Waals surface area contributed by atoms with Crippen LogP contribution in [0.15, 0.2) is 23.1 Å². The van der Waals surface area contributed by atoms with E-state index in [1.54, 1.807) is 6.07 Å². The minimum Gasteiger partial charge on any atom is -0.351 e. The third-order valence-corrected chi connectivity index (χ3v) is 2.47. The topological polar surface area (TPSA) is 119 Å². The number of nitrogen functional groups attached to an aromatic ring is 1. The minimum absolute atomic E-state index is 0.264. The summed E-state index contributed by atoms with van der Waals surface area (Å²) in [6.45, 7) is 2.21. The van der Waals surface area contributed by atoms with Gasteiger partial charge in [-0.2, -0.15) is 4.98 Å². The Balaban J connectivity index is 1.96. The van der Waals surface area contributed by atoms with Crippen molar-refractivity contribution >= 4 is 11.6 Å². The molecule has 0 aliphatic carbocycles. The van der Waals surface area contributed by atoms with Crippen LogP contribution in [-0.4, -0.2) is 27.6 Å². The molecule has 100 valence electrons. The number of anilines is 1. The molecule has 8 nitrogen and oxygen atoms in total. The Labute approximate surface area is 109 Å². The molecule has 2 rings (SSSR count). The highest BCUT2D eigenvalue weighted by atomic mass is 16.5. The molecule has 4 N–H and O–H groups in total. The number of hydrazine groups is 1. The third kappa shape index (κ3) is 3.26. The van der Waals surface area contributed by atoms with Crippen molar-refractivity contribution in [2.45, 2.75) is 13.3 Å². The number of hydrogen-bond acceptors (Lipinski definition) is 7. The first-order chi connectivity index (χ1) is 9.20. The van der Waals surface area contributed by atoms with Gasteiger partial charge in [0.15, 0.2) is 6.33 Å². The largest absolute Gasteiger partial charge is 0.351 e.